The summed E-state index contributed by atoms with van der Waals surface area (Å²) in [5.41, 5.74) is 6.85. The summed E-state index contributed by atoms with van der Waals surface area (Å²) in [5.74, 6) is 0. The van der Waals surface area contributed by atoms with E-state index in [0.29, 0.717) is 0 Å². The predicted octanol–water partition coefficient (Wildman–Crippen LogP) is 5.07. The molecule has 0 aliphatic rings. The van der Waals surface area contributed by atoms with Gasteiger partial charge >= 0.3 is 0 Å². The molecule has 2 nitrogen and oxygen atoms in total. The summed E-state index contributed by atoms with van der Waals surface area (Å²) in [6.45, 7) is 6.39. The highest BCUT2D eigenvalue weighted by molar-refractivity contribution is 5.95. The van der Waals surface area contributed by atoms with Gasteiger partial charge in [-0.15, -0.1) is 0 Å². The number of aromatic nitrogens is 1. The fourth-order valence-electron chi connectivity index (χ4n) is 3.76. The molecule has 0 bridgehead atoms. The van der Waals surface area contributed by atoms with Crippen molar-refractivity contribution in [3.8, 4) is 5.69 Å². The normalized spacial score (nSPS) is 11.3. The minimum atomic E-state index is 0.0971. The van der Waals surface area contributed by atoms with Crippen molar-refractivity contribution in [2.24, 2.45) is 0 Å². The number of pyridine rings is 1. The number of aryl methyl sites for hydroxylation is 3. The Labute approximate surface area is 141 Å². The molecule has 4 rings (SSSR count). The summed E-state index contributed by atoms with van der Waals surface area (Å²) >= 11 is 0. The molecule has 0 fully saturated rings. The molecule has 0 atom stereocenters. The zero-order valence-electron chi connectivity index (χ0n) is 14.1. The lowest BCUT2D eigenvalue weighted by Gasteiger charge is -2.20. The predicted molar refractivity (Wildman–Crippen MR) is 101 cm³/mol. The van der Waals surface area contributed by atoms with Crippen LogP contribution >= 0.6 is 0 Å². The average Bonchev–Trinajstić information content (AvgIpc) is 2.57. The fourth-order valence-corrected chi connectivity index (χ4v) is 3.76. The number of para-hydroxylation sites is 2. The molecule has 0 aliphatic heterocycles. The van der Waals surface area contributed by atoms with Gasteiger partial charge in [-0.25, -0.2) is 0 Å². The van der Waals surface area contributed by atoms with Crippen molar-refractivity contribution in [3.63, 3.8) is 0 Å². The van der Waals surface area contributed by atoms with Gasteiger partial charge in [0, 0.05) is 10.8 Å². The molecule has 0 saturated carbocycles. The van der Waals surface area contributed by atoms with E-state index in [1.54, 1.807) is 0 Å². The van der Waals surface area contributed by atoms with E-state index in [-0.39, 0.29) is 5.43 Å². The van der Waals surface area contributed by atoms with Crippen LogP contribution in [0.3, 0.4) is 0 Å². The molecule has 0 amide bonds. The second-order valence-corrected chi connectivity index (χ2v) is 6.45. The van der Waals surface area contributed by atoms with E-state index in [1.807, 2.05) is 48.5 Å². The van der Waals surface area contributed by atoms with Gasteiger partial charge in [0.1, 0.15) is 0 Å². The molecule has 118 valence electrons. The summed E-state index contributed by atoms with van der Waals surface area (Å²) in [6.07, 6.45) is 0. The molecule has 0 unspecified atom stereocenters. The molecule has 0 spiro atoms. The maximum Gasteiger partial charge on any atom is 0.197 e. The van der Waals surface area contributed by atoms with Crippen molar-refractivity contribution in [2.75, 3.05) is 0 Å². The quantitative estimate of drug-likeness (QED) is 0.450. The van der Waals surface area contributed by atoms with Crippen LogP contribution in [0.15, 0.2) is 65.5 Å². The Hall–Kier alpha value is -2.87. The van der Waals surface area contributed by atoms with Gasteiger partial charge in [-0.2, -0.15) is 0 Å². The van der Waals surface area contributed by atoms with Crippen LogP contribution in [0.4, 0.5) is 0 Å². The van der Waals surface area contributed by atoms with Crippen molar-refractivity contribution >= 4 is 21.8 Å². The highest BCUT2D eigenvalue weighted by atomic mass is 16.1. The lowest BCUT2D eigenvalue weighted by molar-refractivity contribution is 1.10. The molecular formula is C22H19NO. The van der Waals surface area contributed by atoms with Crippen molar-refractivity contribution in [2.45, 2.75) is 20.8 Å². The highest BCUT2D eigenvalue weighted by Gasteiger charge is 2.14. The minimum absolute atomic E-state index is 0.0971. The first kappa shape index (κ1) is 14.7. The van der Waals surface area contributed by atoms with Crippen molar-refractivity contribution < 1.29 is 0 Å². The zero-order valence-corrected chi connectivity index (χ0v) is 14.1. The van der Waals surface area contributed by atoms with E-state index >= 15 is 0 Å². The molecule has 1 heterocycles. The summed E-state index contributed by atoms with van der Waals surface area (Å²) in [5, 5.41) is 1.52. The van der Waals surface area contributed by atoms with Gasteiger partial charge in [-0.3, -0.25) is 4.79 Å². The second-order valence-electron chi connectivity index (χ2n) is 6.45. The summed E-state index contributed by atoms with van der Waals surface area (Å²) in [6, 6.07) is 20.1. The smallest absolute Gasteiger partial charge is 0.197 e. The Bertz CT molecular complexity index is 1070. The van der Waals surface area contributed by atoms with Crippen LogP contribution < -0.4 is 5.43 Å². The maximum absolute atomic E-state index is 12.9. The molecule has 0 radical (unpaired) electrons. The topological polar surface area (TPSA) is 22.0 Å². The Kier molecular flexibility index (Phi) is 3.27. The Morgan fingerprint density at radius 1 is 0.708 bits per heavy atom. The van der Waals surface area contributed by atoms with E-state index in [9.17, 15) is 4.79 Å². The van der Waals surface area contributed by atoms with E-state index in [1.165, 1.54) is 16.7 Å². The second kappa shape index (κ2) is 5.34. The maximum atomic E-state index is 12.9. The van der Waals surface area contributed by atoms with Gasteiger partial charge < -0.3 is 4.57 Å². The Balaban J connectivity index is 2.31. The lowest BCUT2D eigenvalue weighted by atomic mass is 10.0. The van der Waals surface area contributed by atoms with Crippen LogP contribution in [0.25, 0.3) is 27.5 Å². The molecule has 0 aliphatic carbocycles. The lowest BCUT2D eigenvalue weighted by Crippen LogP contribution is -2.12. The van der Waals surface area contributed by atoms with Gasteiger partial charge in [-0.05, 0) is 56.2 Å². The molecule has 4 aromatic rings. The molecule has 0 saturated heterocycles. The third-order valence-electron chi connectivity index (χ3n) is 4.64. The molecular weight excluding hydrogens is 294 g/mol. The fraction of sp³-hybridized carbons (Fsp3) is 0.136. The van der Waals surface area contributed by atoms with Crippen molar-refractivity contribution in [1.82, 2.24) is 4.57 Å². The van der Waals surface area contributed by atoms with Crippen LogP contribution in [0.5, 0.6) is 0 Å². The first-order chi connectivity index (χ1) is 11.6. The average molecular weight is 313 g/mol. The third-order valence-corrected chi connectivity index (χ3v) is 4.64. The molecule has 24 heavy (non-hydrogen) atoms. The first-order valence-corrected chi connectivity index (χ1v) is 8.18. The van der Waals surface area contributed by atoms with E-state index in [2.05, 4.69) is 37.5 Å². The van der Waals surface area contributed by atoms with E-state index < -0.39 is 0 Å². The molecule has 0 N–H and O–H groups in total. The van der Waals surface area contributed by atoms with Gasteiger partial charge in [0.25, 0.3) is 0 Å². The Morgan fingerprint density at radius 3 is 1.67 bits per heavy atom. The van der Waals surface area contributed by atoms with Crippen LogP contribution in [0, 0.1) is 20.8 Å². The summed E-state index contributed by atoms with van der Waals surface area (Å²) < 4.78 is 2.23. The van der Waals surface area contributed by atoms with Crippen LogP contribution in [-0.4, -0.2) is 4.57 Å². The first-order valence-electron chi connectivity index (χ1n) is 8.18. The van der Waals surface area contributed by atoms with Crippen molar-refractivity contribution in [1.29, 1.82) is 0 Å². The molecule has 3 aromatic carbocycles. The monoisotopic (exact) mass is 313 g/mol. The SMILES string of the molecule is Cc1cc(C)c(-n2c3ccccc3c(=O)c3ccccc32)c(C)c1. The van der Waals surface area contributed by atoms with Crippen LogP contribution in [0.2, 0.25) is 0 Å². The van der Waals surface area contributed by atoms with Gasteiger partial charge in [0.05, 0.1) is 16.7 Å². The van der Waals surface area contributed by atoms with E-state index in [0.717, 1.165) is 27.5 Å². The minimum Gasteiger partial charge on any atom is -0.308 e. The largest absolute Gasteiger partial charge is 0.308 e. The summed E-state index contributed by atoms with van der Waals surface area (Å²) in [4.78, 5) is 12.9. The van der Waals surface area contributed by atoms with E-state index in [4.69, 9.17) is 0 Å². The number of fused-ring (bicyclic) bond motifs is 2. The molecule has 1 aromatic heterocycles. The standard InChI is InChI=1S/C22H19NO/c1-14-12-15(2)21(16(3)13-14)23-19-10-6-4-8-17(19)22(24)18-9-5-7-11-20(18)23/h4-13H,1-3H3. The van der Waals surface area contributed by atoms with Crippen LogP contribution in [0.1, 0.15) is 16.7 Å². The van der Waals surface area contributed by atoms with Gasteiger partial charge in [-0.1, -0.05) is 42.0 Å². The van der Waals surface area contributed by atoms with Crippen LogP contribution in [-0.2, 0) is 0 Å². The molecule has 2 heteroatoms. The number of hydrogen-bond acceptors (Lipinski definition) is 1. The van der Waals surface area contributed by atoms with Gasteiger partial charge in [0.2, 0.25) is 0 Å². The van der Waals surface area contributed by atoms with Crippen molar-refractivity contribution in [3.05, 3.63) is 87.6 Å². The zero-order chi connectivity index (χ0) is 16.8. The summed E-state index contributed by atoms with van der Waals surface area (Å²) in [7, 11) is 0. The number of nitrogens with zero attached hydrogens (tertiary/aromatic N) is 1. The number of rotatable bonds is 1. The number of benzene rings is 3. The van der Waals surface area contributed by atoms with Gasteiger partial charge in [0.15, 0.2) is 5.43 Å². The third kappa shape index (κ3) is 2.07. The number of hydrogen-bond donors (Lipinski definition) is 0. The Morgan fingerprint density at radius 2 is 1.17 bits per heavy atom. The highest BCUT2D eigenvalue weighted by Crippen LogP contribution is 2.28.